The van der Waals surface area contributed by atoms with E-state index in [2.05, 4.69) is 41.1 Å². The van der Waals surface area contributed by atoms with Gasteiger partial charge >= 0.3 is 5.97 Å². The summed E-state index contributed by atoms with van der Waals surface area (Å²) in [6.07, 6.45) is 0.478. The Morgan fingerprint density at radius 1 is 1.14 bits per heavy atom. The summed E-state index contributed by atoms with van der Waals surface area (Å²) in [5.41, 5.74) is 5.35. The molecule has 5 rings (SSSR count). The van der Waals surface area contributed by atoms with Gasteiger partial charge in [0.05, 0.1) is 6.04 Å². The number of fused-ring (bicyclic) bond motifs is 5. The van der Waals surface area contributed by atoms with Crippen LogP contribution in [0.25, 0.3) is 10.9 Å². The second-order valence-electron chi connectivity index (χ2n) is 8.15. The summed E-state index contributed by atoms with van der Waals surface area (Å²) in [7, 11) is 0. The molecule has 29 heavy (non-hydrogen) atoms. The van der Waals surface area contributed by atoms with E-state index in [1.165, 1.54) is 0 Å². The zero-order valence-corrected chi connectivity index (χ0v) is 17.1. The Balaban J connectivity index is 1.78. The van der Waals surface area contributed by atoms with Gasteiger partial charge in [0.25, 0.3) is 0 Å². The summed E-state index contributed by atoms with van der Waals surface area (Å²) in [6.45, 7) is 4.14. The average Bonchev–Trinajstić information content (AvgIpc) is 3.10. The van der Waals surface area contributed by atoms with Gasteiger partial charge in [-0.05, 0) is 29.7 Å². The lowest BCUT2D eigenvalue weighted by Gasteiger charge is -2.50. The van der Waals surface area contributed by atoms with E-state index in [0.717, 1.165) is 38.3 Å². The molecule has 0 spiro atoms. The molecule has 2 N–H and O–H groups in total. The van der Waals surface area contributed by atoms with Gasteiger partial charge in [0, 0.05) is 40.0 Å². The fourth-order valence-corrected chi connectivity index (χ4v) is 5.53. The SMILES string of the molecule is CC1=C(Cl)C(C)C(c2ccccc2)N2[C@H](C(=O)O)Cc3c([nH]c4ccccc34)[C@H]12. The second kappa shape index (κ2) is 6.75. The summed E-state index contributed by atoms with van der Waals surface area (Å²) < 4.78 is 0. The fraction of sp³-hybridized carbons (Fsp3) is 0.292. The molecule has 3 heterocycles. The van der Waals surface area contributed by atoms with E-state index in [1.54, 1.807) is 0 Å². The molecular formula is C24H23ClN2O2. The lowest BCUT2D eigenvalue weighted by atomic mass is 9.77. The lowest BCUT2D eigenvalue weighted by molar-refractivity contribution is -0.147. The molecule has 0 amide bonds. The first-order chi connectivity index (χ1) is 14.0. The lowest BCUT2D eigenvalue weighted by Crippen LogP contribution is -2.53. The Hall–Kier alpha value is -2.56. The Morgan fingerprint density at radius 3 is 2.55 bits per heavy atom. The number of aliphatic carboxylic acids is 1. The highest BCUT2D eigenvalue weighted by molar-refractivity contribution is 6.30. The van der Waals surface area contributed by atoms with Gasteiger partial charge in [0.1, 0.15) is 6.04 Å². The van der Waals surface area contributed by atoms with E-state index >= 15 is 0 Å². The first-order valence-corrected chi connectivity index (χ1v) is 10.4. The maximum atomic E-state index is 12.4. The van der Waals surface area contributed by atoms with Gasteiger partial charge in [-0.2, -0.15) is 0 Å². The van der Waals surface area contributed by atoms with E-state index in [-0.39, 0.29) is 18.0 Å². The molecule has 4 atom stereocenters. The minimum atomic E-state index is -0.787. The monoisotopic (exact) mass is 406 g/mol. The van der Waals surface area contributed by atoms with E-state index in [1.807, 2.05) is 37.3 Å². The van der Waals surface area contributed by atoms with Crippen molar-refractivity contribution in [3.63, 3.8) is 0 Å². The predicted molar refractivity (Wildman–Crippen MR) is 115 cm³/mol. The Labute approximate surface area is 174 Å². The minimum Gasteiger partial charge on any atom is -0.480 e. The zero-order chi connectivity index (χ0) is 20.3. The van der Waals surface area contributed by atoms with Crippen molar-refractivity contribution in [2.24, 2.45) is 5.92 Å². The molecule has 4 nitrogen and oxygen atoms in total. The van der Waals surface area contributed by atoms with Crippen LogP contribution in [0, 0.1) is 5.92 Å². The normalized spacial score (nSPS) is 27.0. The highest BCUT2D eigenvalue weighted by Crippen LogP contribution is 2.53. The van der Waals surface area contributed by atoms with Crippen LogP contribution < -0.4 is 0 Å². The van der Waals surface area contributed by atoms with Crippen LogP contribution in [0.5, 0.6) is 0 Å². The first-order valence-electron chi connectivity index (χ1n) is 10.00. The van der Waals surface area contributed by atoms with Crippen molar-refractivity contribution in [3.8, 4) is 0 Å². The molecule has 148 valence electrons. The molecular weight excluding hydrogens is 384 g/mol. The quantitative estimate of drug-likeness (QED) is 0.597. The molecule has 0 saturated carbocycles. The number of H-pyrrole nitrogens is 1. The smallest absolute Gasteiger partial charge is 0.321 e. The molecule has 2 aliphatic heterocycles. The van der Waals surface area contributed by atoms with E-state index in [9.17, 15) is 9.90 Å². The van der Waals surface area contributed by atoms with Gasteiger partial charge in [0.15, 0.2) is 0 Å². The number of hydrogen-bond acceptors (Lipinski definition) is 2. The van der Waals surface area contributed by atoms with Crippen molar-refractivity contribution >= 4 is 28.5 Å². The largest absolute Gasteiger partial charge is 0.480 e. The van der Waals surface area contributed by atoms with Gasteiger partial charge in [-0.1, -0.05) is 67.1 Å². The fourth-order valence-electron chi connectivity index (χ4n) is 5.31. The number of benzene rings is 2. The Morgan fingerprint density at radius 2 is 1.83 bits per heavy atom. The number of nitrogens with one attached hydrogen (secondary N) is 1. The van der Waals surface area contributed by atoms with E-state index in [4.69, 9.17) is 11.6 Å². The van der Waals surface area contributed by atoms with Crippen molar-refractivity contribution in [2.75, 3.05) is 0 Å². The third kappa shape index (κ3) is 2.66. The van der Waals surface area contributed by atoms with E-state index < -0.39 is 12.0 Å². The Bertz CT molecular complexity index is 1130. The van der Waals surface area contributed by atoms with Crippen LogP contribution in [-0.4, -0.2) is 27.0 Å². The number of aromatic nitrogens is 1. The third-order valence-electron chi connectivity index (χ3n) is 6.58. The van der Waals surface area contributed by atoms with Gasteiger partial charge in [0.2, 0.25) is 0 Å². The number of carbonyl (C=O) groups is 1. The van der Waals surface area contributed by atoms with Gasteiger partial charge in [-0.3, -0.25) is 9.69 Å². The molecule has 0 bridgehead atoms. The summed E-state index contributed by atoms with van der Waals surface area (Å²) in [4.78, 5) is 18.2. The number of para-hydroxylation sites is 1. The van der Waals surface area contributed by atoms with Gasteiger partial charge in [-0.15, -0.1) is 0 Å². The van der Waals surface area contributed by atoms with Crippen LogP contribution in [0.15, 0.2) is 65.2 Å². The molecule has 2 aromatic carbocycles. The number of carboxylic acid groups (broad SMARTS) is 1. The molecule has 2 aliphatic rings. The number of carboxylic acids is 1. The number of rotatable bonds is 2. The van der Waals surface area contributed by atoms with Crippen molar-refractivity contribution in [1.82, 2.24) is 9.88 Å². The molecule has 5 heteroatoms. The third-order valence-corrected chi connectivity index (χ3v) is 7.23. The van der Waals surface area contributed by atoms with Crippen LogP contribution in [0.4, 0.5) is 0 Å². The van der Waals surface area contributed by atoms with Crippen molar-refractivity contribution in [2.45, 2.75) is 38.4 Å². The molecule has 2 unspecified atom stereocenters. The maximum absolute atomic E-state index is 12.4. The van der Waals surface area contributed by atoms with Crippen LogP contribution in [-0.2, 0) is 11.2 Å². The highest BCUT2D eigenvalue weighted by Gasteiger charge is 2.49. The topological polar surface area (TPSA) is 56.3 Å². The number of hydrogen-bond donors (Lipinski definition) is 2. The minimum absolute atomic E-state index is 0.0168. The van der Waals surface area contributed by atoms with E-state index in [0.29, 0.717) is 6.42 Å². The molecule has 0 radical (unpaired) electrons. The second-order valence-corrected chi connectivity index (χ2v) is 8.55. The van der Waals surface area contributed by atoms with Crippen molar-refractivity contribution < 1.29 is 9.90 Å². The summed E-state index contributed by atoms with van der Waals surface area (Å²) in [5, 5.41) is 12.1. The van der Waals surface area contributed by atoms with Gasteiger partial charge in [-0.25, -0.2) is 0 Å². The average molecular weight is 407 g/mol. The molecule has 0 aliphatic carbocycles. The Kier molecular flexibility index (Phi) is 4.30. The van der Waals surface area contributed by atoms with Crippen LogP contribution >= 0.6 is 11.6 Å². The molecule has 0 saturated heterocycles. The maximum Gasteiger partial charge on any atom is 0.321 e. The van der Waals surface area contributed by atoms with Crippen molar-refractivity contribution in [1.29, 1.82) is 0 Å². The van der Waals surface area contributed by atoms with Crippen LogP contribution in [0.1, 0.15) is 42.8 Å². The summed E-state index contributed by atoms with van der Waals surface area (Å²) >= 11 is 6.87. The highest BCUT2D eigenvalue weighted by atomic mass is 35.5. The predicted octanol–water partition coefficient (Wildman–Crippen LogP) is 5.42. The number of nitrogens with zero attached hydrogens (tertiary/aromatic N) is 1. The zero-order valence-electron chi connectivity index (χ0n) is 16.4. The van der Waals surface area contributed by atoms with Crippen LogP contribution in [0.2, 0.25) is 0 Å². The molecule has 3 aromatic rings. The standard InChI is InChI=1S/C24H23ClN2O2/c1-13-20(25)14(2)23-21-17(16-10-6-7-11-18(16)26-21)12-19(24(28)29)27(23)22(13)15-8-4-3-5-9-15/h3-11,13,19,22-23,26H,12H2,1-2H3,(H,28,29)/t13?,19-,22?,23-/m0/s1. The van der Waals surface area contributed by atoms with Crippen LogP contribution in [0.3, 0.4) is 0 Å². The molecule has 0 fully saturated rings. The van der Waals surface area contributed by atoms with Crippen molar-refractivity contribution in [3.05, 3.63) is 82.0 Å². The summed E-state index contributed by atoms with van der Waals surface area (Å²) in [6, 6.07) is 17.4. The first kappa shape index (κ1) is 18.5. The number of aromatic amines is 1. The van der Waals surface area contributed by atoms with Gasteiger partial charge < -0.3 is 10.1 Å². The molecule has 1 aromatic heterocycles. The number of halogens is 1. The summed E-state index contributed by atoms with van der Waals surface area (Å²) in [5.74, 6) is -0.770.